The van der Waals surface area contributed by atoms with Gasteiger partial charge in [-0.3, -0.25) is 9.58 Å². The van der Waals surface area contributed by atoms with Gasteiger partial charge in [-0.1, -0.05) is 0 Å². The first-order valence-corrected chi connectivity index (χ1v) is 7.83. The Morgan fingerprint density at radius 1 is 1.41 bits per heavy atom. The zero-order chi connectivity index (χ0) is 15.7. The molecule has 0 radical (unpaired) electrons. The van der Waals surface area contributed by atoms with Crippen LogP contribution in [0.3, 0.4) is 0 Å². The molecule has 120 valence electrons. The number of aryl methyl sites for hydroxylation is 1. The zero-order valence-electron chi connectivity index (χ0n) is 13.9. The number of aromatic nitrogens is 4. The lowest BCUT2D eigenvalue weighted by atomic mass is 10.0. The van der Waals surface area contributed by atoms with Crippen molar-refractivity contribution < 1.29 is 4.74 Å². The zero-order valence-corrected chi connectivity index (χ0v) is 13.9. The Morgan fingerprint density at radius 2 is 2.23 bits per heavy atom. The van der Waals surface area contributed by atoms with Gasteiger partial charge >= 0.3 is 0 Å². The van der Waals surface area contributed by atoms with Gasteiger partial charge < -0.3 is 9.30 Å². The number of hydrogen-bond donors (Lipinski definition) is 0. The molecule has 0 saturated carbocycles. The van der Waals surface area contributed by atoms with Crippen molar-refractivity contribution in [3.63, 3.8) is 0 Å². The lowest BCUT2D eigenvalue weighted by molar-refractivity contribution is 0.0700. The quantitative estimate of drug-likeness (QED) is 0.844. The number of ether oxygens (including phenoxy) is 1. The highest BCUT2D eigenvalue weighted by molar-refractivity contribution is 5.19. The number of rotatable bonds is 5. The van der Waals surface area contributed by atoms with E-state index >= 15 is 0 Å². The monoisotopic (exact) mass is 303 g/mol. The van der Waals surface area contributed by atoms with E-state index in [1.165, 1.54) is 17.0 Å². The molecule has 0 bridgehead atoms. The summed E-state index contributed by atoms with van der Waals surface area (Å²) in [7, 11) is 3.84. The standard InChI is InChI=1S/C16H25N5O/c1-12(2)21-8-13(6-18-21)7-20-9-15-16(19(3)11-17-15)5-14(20)10-22-4/h6,8,11-12,14H,5,7,9-10H2,1-4H3/t14-/m0/s1. The maximum absolute atomic E-state index is 5.43. The second kappa shape index (κ2) is 6.22. The molecule has 0 spiro atoms. The van der Waals surface area contributed by atoms with Crippen LogP contribution >= 0.6 is 0 Å². The molecule has 22 heavy (non-hydrogen) atoms. The number of methoxy groups -OCH3 is 1. The van der Waals surface area contributed by atoms with E-state index < -0.39 is 0 Å². The number of fused-ring (bicyclic) bond motifs is 1. The Morgan fingerprint density at radius 3 is 2.91 bits per heavy atom. The van der Waals surface area contributed by atoms with E-state index in [0.717, 1.165) is 26.1 Å². The normalized spacial score (nSPS) is 18.9. The Bertz CT molecular complexity index is 630. The minimum Gasteiger partial charge on any atom is -0.383 e. The number of imidazole rings is 1. The van der Waals surface area contributed by atoms with Crippen molar-refractivity contribution in [1.82, 2.24) is 24.2 Å². The van der Waals surface area contributed by atoms with Gasteiger partial charge in [0.1, 0.15) is 0 Å². The van der Waals surface area contributed by atoms with Crippen molar-refractivity contribution >= 4 is 0 Å². The van der Waals surface area contributed by atoms with Gasteiger partial charge in [0.05, 0.1) is 24.8 Å². The van der Waals surface area contributed by atoms with Crippen LogP contribution in [-0.4, -0.2) is 44.0 Å². The second-order valence-corrected chi connectivity index (χ2v) is 6.39. The lowest BCUT2D eigenvalue weighted by Gasteiger charge is -2.34. The van der Waals surface area contributed by atoms with Crippen molar-refractivity contribution in [1.29, 1.82) is 0 Å². The van der Waals surface area contributed by atoms with Gasteiger partial charge in [-0.2, -0.15) is 5.10 Å². The topological polar surface area (TPSA) is 48.1 Å². The highest BCUT2D eigenvalue weighted by Crippen LogP contribution is 2.24. The molecule has 1 atom stereocenters. The van der Waals surface area contributed by atoms with E-state index in [0.29, 0.717) is 12.1 Å². The summed E-state index contributed by atoms with van der Waals surface area (Å²) < 4.78 is 9.57. The molecular formula is C16H25N5O. The van der Waals surface area contributed by atoms with Crippen molar-refractivity contribution in [3.05, 3.63) is 35.7 Å². The van der Waals surface area contributed by atoms with Crippen LogP contribution in [0.5, 0.6) is 0 Å². The van der Waals surface area contributed by atoms with Crippen LogP contribution in [0.1, 0.15) is 36.8 Å². The Balaban J connectivity index is 1.78. The van der Waals surface area contributed by atoms with E-state index in [2.05, 4.69) is 46.6 Å². The van der Waals surface area contributed by atoms with Crippen molar-refractivity contribution in [3.8, 4) is 0 Å². The van der Waals surface area contributed by atoms with Crippen molar-refractivity contribution in [2.45, 2.75) is 45.4 Å². The van der Waals surface area contributed by atoms with Crippen molar-refractivity contribution in [2.75, 3.05) is 13.7 Å². The largest absolute Gasteiger partial charge is 0.383 e. The third-order valence-corrected chi connectivity index (χ3v) is 4.37. The molecule has 6 nitrogen and oxygen atoms in total. The molecule has 1 aliphatic rings. The molecule has 3 rings (SSSR count). The molecule has 0 aliphatic carbocycles. The molecule has 0 aromatic carbocycles. The summed E-state index contributed by atoms with van der Waals surface area (Å²) in [5, 5.41) is 4.44. The van der Waals surface area contributed by atoms with Crippen molar-refractivity contribution in [2.24, 2.45) is 7.05 Å². The minimum atomic E-state index is 0.385. The lowest BCUT2D eigenvalue weighted by Crippen LogP contribution is -2.43. The number of nitrogens with zero attached hydrogens (tertiary/aromatic N) is 5. The van der Waals surface area contributed by atoms with E-state index in [1.54, 1.807) is 7.11 Å². The van der Waals surface area contributed by atoms with Crippen LogP contribution in [0.15, 0.2) is 18.7 Å². The van der Waals surface area contributed by atoms with Crippen LogP contribution in [-0.2, 0) is 31.3 Å². The third-order valence-electron chi connectivity index (χ3n) is 4.37. The fraction of sp³-hybridized carbons (Fsp3) is 0.625. The molecule has 3 heterocycles. The third kappa shape index (κ3) is 2.94. The van der Waals surface area contributed by atoms with Gasteiger partial charge in [-0.05, 0) is 13.8 Å². The Labute approximate surface area is 131 Å². The number of hydrogen-bond acceptors (Lipinski definition) is 4. The summed E-state index contributed by atoms with van der Waals surface area (Å²) in [4.78, 5) is 6.98. The van der Waals surface area contributed by atoms with Gasteiger partial charge in [0.25, 0.3) is 0 Å². The summed E-state index contributed by atoms with van der Waals surface area (Å²) in [5.74, 6) is 0. The maximum atomic E-state index is 5.43. The molecule has 0 fully saturated rings. The molecule has 6 heteroatoms. The van der Waals surface area contributed by atoms with Crippen LogP contribution in [0.4, 0.5) is 0 Å². The average molecular weight is 303 g/mol. The smallest absolute Gasteiger partial charge is 0.0949 e. The predicted molar refractivity (Wildman–Crippen MR) is 84.4 cm³/mol. The van der Waals surface area contributed by atoms with E-state index in [9.17, 15) is 0 Å². The predicted octanol–water partition coefficient (Wildman–Crippen LogP) is 1.77. The summed E-state index contributed by atoms with van der Waals surface area (Å²) in [6.45, 7) is 6.79. The molecule has 2 aromatic heterocycles. The summed E-state index contributed by atoms with van der Waals surface area (Å²) in [6, 6.07) is 0.780. The summed E-state index contributed by atoms with van der Waals surface area (Å²) in [5.41, 5.74) is 3.76. The second-order valence-electron chi connectivity index (χ2n) is 6.39. The first kappa shape index (κ1) is 15.2. The fourth-order valence-electron chi connectivity index (χ4n) is 3.09. The Kier molecular flexibility index (Phi) is 4.31. The molecule has 0 saturated heterocycles. The van der Waals surface area contributed by atoms with Gasteiger partial charge in [0, 0.05) is 63.2 Å². The SMILES string of the molecule is COC[C@@H]1Cc2c(ncn2C)CN1Cc1cnn(C(C)C)c1. The molecule has 0 N–H and O–H groups in total. The fourth-order valence-corrected chi connectivity index (χ4v) is 3.09. The molecule has 1 aliphatic heterocycles. The van der Waals surface area contributed by atoms with E-state index in [1.807, 2.05) is 17.2 Å². The van der Waals surface area contributed by atoms with Gasteiger partial charge in [0.2, 0.25) is 0 Å². The highest BCUT2D eigenvalue weighted by atomic mass is 16.5. The molecular weight excluding hydrogens is 278 g/mol. The average Bonchev–Trinajstić information content (AvgIpc) is 3.08. The summed E-state index contributed by atoms with van der Waals surface area (Å²) in [6.07, 6.45) is 7.01. The first-order valence-electron chi connectivity index (χ1n) is 7.83. The molecule has 0 amide bonds. The minimum absolute atomic E-state index is 0.385. The highest BCUT2D eigenvalue weighted by Gasteiger charge is 2.29. The maximum Gasteiger partial charge on any atom is 0.0949 e. The van der Waals surface area contributed by atoms with Gasteiger partial charge in [-0.15, -0.1) is 0 Å². The van der Waals surface area contributed by atoms with E-state index in [-0.39, 0.29) is 0 Å². The summed E-state index contributed by atoms with van der Waals surface area (Å²) >= 11 is 0. The van der Waals surface area contributed by atoms with Gasteiger partial charge in [0.15, 0.2) is 0 Å². The molecule has 2 aromatic rings. The molecule has 0 unspecified atom stereocenters. The van der Waals surface area contributed by atoms with Crippen LogP contribution in [0.2, 0.25) is 0 Å². The van der Waals surface area contributed by atoms with Crippen LogP contribution in [0.25, 0.3) is 0 Å². The first-order chi connectivity index (χ1) is 10.6. The van der Waals surface area contributed by atoms with Crippen LogP contribution < -0.4 is 0 Å². The van der Waals surface area contributed by atoms with Crippen LogP contribution in [0, 0.1) is 0 Å². The van der Waals surface area contributed by atoms with Gasteiger partial charge in [-0.25, -0.2) is 4.98 Å². The van der Waals surface area contributed by atoms with E-state index in [4.69, 9.17) is 4.74 Å². The Hall–Kier alpha value is -1.66.